The fourth-order valence-electron chi connectivity index (χ4n) is 2.11. The number of thiocarbonyl (C=S) groups is 1. The maximum absolute atomic E-state index is 12.2. The number of hydrogen-bond donors (Lipinski definition) is 4. The lowest BCUT2D eigenvalue weighted by Crippen LogP contribution is -2.48. The molecule has 0 fully saturated rings. The number of fused-ring (bicyclic) bond motifs is 1. The van der Waals surface area contributed by atoms with Gasteiger partial charge in [-0.15, -0.1) is 0 Å². The van der Waals surface area contributed by atoms with Gasteiger partial charge in [-0.2, -0.15) is 0 Å². The third kappa shape index (κ3) is 5.79. The molecule has 2 aromatic rings. The number of carbonyl (C=O) groups is 3. The van der Waals surface area contributed by atoms with Gasteiger partial charge in [0, 0.05) is 12.2 Å². The van der Waals surface area contributed by atoms with Gasteiger partial charge in [-0.3, -0.25) is 25.8 Å². The number of nitrogens with one attached hydrogen (secondary N) is 3. The van der Waals surface area contributed by atoms with Crippen molar-refractivity contribution in [1.29, 1.82) is 0 Å². The van der Waals surface area contributed by atoms with Crippen molar-refractivity contribution in [3.05, 3.63) is 54.1 Å². The van der Waals surface area contributed by atoms with Crippen LogP contribution in [0, 0.1) is 0 Å². The van der Waals surface area contributed by atoms with Crippen LogP contribution in [-0.2, 0) is 14.3 Å². The molecule has 0 aromatic heterocycles. The number of phenols is 1. The summed E-state index contributed by atoms with van der Waals surface area (Å²) in [7, 11) is 0. The number of carbonyl (C=O) groups excluding carboxylic acids is 3. The predicted octanol–water partition coefficient (Wildman–Crippen LogP) is 1.30. The highest BCUT2D eigenvalue weighted by atomic mass is 32.1. The fraction of sp³-hybridized carbons (Fsp3) is 0.111. The van der Waals surface area contributed by atoms with Crippen LogP contribution < -0.4 is 16.2 Å². The van der Waals surface area contributed by atoms with E-state index in [-0.39, 0.29) is 23.0 Å². The van der Waals surface area contributed by atoms with Gasteiger partial charge in [-0.25, -0.2) is 4.79 Å². The van der Waals surface area contributed by atoms with Gasteiger partial charge in [-0.05, 0) is 42.0 Å². The number of rotatable bonds is 4. The molecule has 0 spiro atoms. The van der Waals surface area contributed by atoms with Gasteiger partial charge in [0.2, 0.25) is 5.91 Å². The minimum atomic E-state index is -0.677. The number of hydrazine groups is 1. The molecule has 0 radical (unpaired) electrons. The summed E-state index contributed by atoms with van der Waals surface area (Å²) >= 11 is 4.87. The Bertz CT molecular complexity index is 926. The molecule has 0 aliphatic carbocycles. The van der Waals surface area contributed by atoms with E-state index in [4.69, 9.17) is 12.2 Å². The molecule has 0 saturated heterocycles. The summed E-state index contributed by atoms with van der Waals surface area (Å²) in [6.07, 6.45) is 1.90. The molecule has 0 saturated carbocycles. The first kappa shape index (κ1) is 19.9. The second-order valence-corrected chi connectivity index (χ2v) is 5.61. The van der Waals surface area contributed by atoms with Crippen molar-refractivity contribution in [2.24, 2.45) is 0 Å². The van der Waals surface area contributed by atoms with Crippen LogP contribution in [0.2, 0.25) is 0 Å². The molecule has 2 rings (SSSR count). The third-order valence-corrected chi connectivity index (χ3v) is 3.50. The van der Waals surface area contributed by atoms with E-state index >= 15 is 0 Å². The summed E-state index contributed by atoms with van der Waals surface area (Å²) in [5.41, 5.74) is 4.65. The zero-order valence-corrected chi connectivity index (χ0v) is 15.1. The molecule has 2 amide bonds. The number of hydrogen-bond acceptors (Lipinski definition) is 6. The van der Waals surface area contributed by atoms with Crippen LogP contribution in [0.1, 0.15) is 17.3 Å². The van der Waals surface area contributed by atoms with Crippen molar-refractivity contribution >= 4 is 45.9 Å². The Morgan fingerprint density at radius 1 is 1.11 bits per heavy atom. The molecule has 4 N–H and O–H groups in total. The first-order chi connectivity index (χ1) is 12.9. The van der Waals surface area contributed by atoms with E-state index in [9.17, 15) is 19.5 Å². The van der Waals surface area contributed by atoms with Crippen LogP contribution in [-0.4, -0.2) is 34.6 Å². The van der Waals surface area contributed by atoms with Gasteiger partial charge in [0.1, 0.15) is 5.75 Å². The van der Waals surface area contributed by atoms with Gasteiger partial charge < -0.3 is 9.84 Å². The van der Waals surface area contributed by atoms with Gasteiger partial charge in [-0.1, -0.05) is 24.3 Å². The first-order valence-electron chi connectivity index (χ1n) is 7.88. The maximum Gasteiger partial charge on any atom is 0.330 e. The minimum Gasteiger partial charge on any atom is -0.507 e. The molecule has 27 heavy (non-hydrogen) atoms. The lowest BCUT2D eigenvalue weighted by atomic mass is 10.1. The van der Waals surface area contributed by atoms with Crippen LogP contribution >= 0.6 is 12.2 Å². The lowest BCUT2D eigenvalue weighted by molar-refractivity contribution is -0.137. The van der Waals surface area contributed by atoms with Gasteiger partial charge in [0.05, 0.1) is 12.2 Å². The highest BCUT2D eigenvalue weighted by Gasteiger charge is 2.13. The Labute approximate surface area is 160 Å². The Morgan fingerprint density at radius 2 is 1.78 bits per heavy atom. The van der Waals surface area contributed by atoms with Crippen LogP contribution in [0.25, 0.3) is 10.8 Å². The lowest BCUT2D eigenvalue weighted by Gasteiger charge is -2.11. The summed E-state index contributed by atoms with van der Waals surface area (Å²) < 4.78 is 4.63. The summed E-state index contributed by atoms with van der Waals surface area (Å²) in [6, 6.07) is 10.3. The monoisotopic (exact) mass is 387 g/mol. The van der Waals surface area contributed by atoms with E-state index in [1.54, 1.807) is 13.0 Å². The van der Waals surface area contributed by atoms with E-state index in [0.717, 1.165) is 22.9 Å². The van der Waals surface area contributed by atoms with Crippen LogP contribution in [0.3, 0.4) is 0 Å². The van der Waals surface area contributed by atoms with Gasteiger partial charge in [0.25, 0.3) is 5.91 Å². The number of esters is 1. The molecule has 2 aromatic carbocycles. The van der Waals surface area contributed by atoms with Crippen molar-refractivity contribution in [2.45, 2.75) is 6.92 Å². The molecule has 140 valence electrons. The number of benzene rings is 2. The quantitative estimate of drug-likeness (QED) is 0.270. The van der Waals surface area contributed by atoms with Gasteiger partial charge >= 0.3 is 5.97 Å². The average Bonchev–Trinajstić information content (AvgIpc) is 2.64. The Kier molecular flexibility index (Phi) is 6.84. The highest BCUT2D eigenvalue weighted by molar-refractivity contribution is 7.80. The molecule has 0 aliphatic rings. The Morgan fingerprint density at radius 3 is 2.44 bits per heavy atom. The normalized spacial score (nSPS) is 10.4. The first-order valence-corrected chi connectivity index (χ1v) is 8.29. The molecule has 9 heteroatoms. The molecule has 0 bridgehead atoms. The number of phenolic OH excluding ortho intramolecular Hbond substituents is 1. The molecule has 0 unspecified atom stereocenters. The molecular weight excluding hydrogens is 370 g/mol. The zero-order chi connectivity index (χ0) is 19.8. The van der Waals surface area contributed by atoms with Crippen LogP contribution in [0.4, 0.5) is 0 Å². The summed E-state index contributed by atoms with van der Waals surface area (Å²) in [4.78, 5) is 34.9. The molecule has 8 nitrogen and oxygen atoms in total. The summed E-state index contributed by atoms with van der Waals surface area (Å²) in [5.74, 6) is -2.17. The smallest absolute Gasteiger partial charge is 0.330 e. The van der Waals surface area contributed by atoms with Crippen molar-refractivity contribution in [3.63, 3.8) is 0 Å². The topological polar surface area (TPSA) is 117 Å². The molecule has 0 aliphatic heterocycles. The Balaban J connectivity index is 1.91. The SMILES string of the molecule is CCOC(=O)/C=C/C(=O)NC(=S)NNC(=O)c1cc2ccccc2cc1O. The standard InChI is InChI=1S/C18H17N3O5S/c1-2-26-16(24)8-7-15(23)19-18(27)21-20-17(25)13-9-11-5-3-4-6-12(11)10-14(13)22/h3-10,22H,2H2,1H3,(H,20,25)(H2,19,21,23,27)/b8-7+. The largest absolute Gasteiger partial charge is 0.507 e. The fourth-order valence-corrected chi connectivity index (χ4v) is 2.26. The van der Waals surface area contributed by atoms with Crippen molar-refractivity contribution < 1.29 is 24.2 Å². The second kappa shape index (κ2) is 9.30. The number of ether oxygens (including phenoxy) is 1. The average molecular weight is 387 g/mol. The number of aromatic hydroxyl groups is 1. The Hall–Kier alpha value is -3.46. The van der Waals surface area contributed by atoms with Crippen molar-refractivity contribution in [1.82, 2.24) is 16.2 Å². The number of amides is 2. The minimum absolute atomic E-state index is 0.0394. The zero-order valence-electron chi connectivity index (χ0n) is 14.3. The second-order valence-electron chi connectivity index (χ2n) is 5.20. The van der Waals surface area contributed by atoms with Gasteiger partial charge in [0.15, 0.2) is 5.11 Å². The van der Waals surface area contributed by atoms with Crippen molar-refractivity contribution in [2.75, 3.05) is 6.61 Å². The predicted molar refractivity (Wildman–Crippen MR) is 103 cm³/mol. The van der Waals surface area contributed by atoms with E-state index in [1.165, 1.54) is 12.1 Å². The third-order valence-electron chi connectivity index (χ3n) is 3.29. The summed E-state index contributed by atoms with van der Waals surface area (Å²) in [6.45, 7) is 1.83. The maximum atomic E-state index is 12.2. The van der Waals surface area contributed by atoms with Crippen molar-refractivity contribution in [3.8, 4) is 5.75 Å². The van der Waals surface area contributed by atoms with E-state index in [2.05, 4.69) is 20.9 Å². The van der Waals surface area contributed by atoms with E-state index < -0.39 is 17.8 Å². The summed E-state index contributed by atoms with van der Waals surface area (Å²) in [5, 5.41) is 13.6. The van der Waals surface area contributed by atoms with Crippen LogP contribution in [0.15, 0.2) is 48.6 Å². The highest BCUT2D eigenvalue weighted by Crippen LogP contribution is 2.24. The molecule has 0 atom stereocenters. The van der Waals surface area contributed by atoms with E-state index in [1.807, 2.05) is 18.2 Å². The van der Waals surface area contributed by atoms with E-state index in [0.29, 0.717) is 0 Å². The van der Waals surface area contributed by atoms with Crippen LogP contribution in [0.5, 0.6) is 5.75 Å². The molecule has 0 heterocycles. The molecular formula is C18H17N3O5S.